The summed E-state index contributed by atoms with van der Waals surface area (Å²) in [7, 11) is 1.35. The Bertz CT molecular complexity index is 1260. The van der Waals surface area contributed by atoms with E-state index in [4.69, 9.17) is 4.74 Å². The molecule has 4 rings (SSSR count). The molecule has 1 saturated heterocycles. The molecule has 0 aromatic carbocycles. The van der Waals surface area contributed by atoms with Crippen molar-refractivity contribution in [2.45, 2.75) is 38.1 Å². The van der Waals surface area contributed by atoms with Gasteiger partial charge in [0.25, 0.3) is 5.56 Å². The Hall–Kier alpha value is -3.60. The summed E-state index contributed by atoms with van der Waals surface area (Å²) >= 11 is 0. The average Bonchev–Trinajstić information content (AvgIpc) is 3.49. The number of imidazole rings is 1. The van der Waals surface area contributed by atoms with Crippen molar-refractivity contribution in [3.63, 3.8) is 0 Å². The zero-order chi connectivity index (χ0) is 24.7. The minimum absolute atomic E-state index is 0.00254. The first kappa shape index (κ1) is 23.6. The number of carbonyl (C=O) groups is 2. The number of aromatic nitrogens is 4. The fraction of sp³-hybridized carbons (Fsp3) is 0.550. The van der Waals surface area contributed by atoms with Crippen LogP contribution in [0.15, 0.2) is 4.79 Å². The van der Waals surface area contributed by atoms with Gasteiger partial charge in [-0.05, 0) is 6.92 Å². The Balaban J connectivity index is 1.70. The predicted octanol–water partition coefficient (Wildman–Crippen LogP) is 0.106. The normalized spacial score (nSPS) is 17.1. The first-order valence-corrected chi connectivity index (χ1v) is 10.4. The van der Waals surface area contributed by atoms with Crippen LogP contribution in [0.4, 0.5) is 19.1 Å². The summed E-state index contributed by atoms with van der Waals surface area (Å²) in [6, 6.07) is -0.329. The molecule has 11 nitrogen and oxygen atoms in total. The number of halogens is 3. The van der Waals surface area contributed by atoms with Crippen molar-refractivity contribution in [1.29, 1.82) is 0 Å². The molecule has 2 aromatic heterocycles. The van der Waals surface area contributed by atoms with Crippen LogP contribution in [0.25, 0.3) is 11.2 Å². The minimum Gasteiger partial charge on any atom is -0.446 e. The van der Waals surface area contributed by atoms with Crippen LogP contribution in [-0.2, 0) is 27.9 Å². The molecule has 0 atom stereocenters. The Morgan fingerprint density at radius 2 is 1.88 bits per heavy atom. The fourth-order valence-electron chi connectivity index (χ4n) is 3.51. The molecule has 182 valence electrons. The van der Waals surface area contributed by atoms with Crippen molar-refractivity contribution in [1.82, 2.24) is 24.4 Å². The van der Waals surface area contributed by atoms with Crippen LogP contribution < -0.4 is 20.5 Å². The van der Waals surface area contributed by atoms with Crippen molar-refractivity contribution < 1.29 is 32.2 Å². The highest BCUT2D eigenvalue weighted by atomic mass is 19.4. The van der Waals surface area contributed by atoms with Gasteiger partial charge in [-0.15, -0.1) is 5.92 Å². The van der Waals surface area contributed by atoms with E-state index in [1.165, 1.54) is 7.05 Å². The van der Waals surface area contributed by atoms with Crippen molar-refractivity contribution >= 4 is 29.1 Å². The number of anilines is 1. The molecule has 1 saturated carbocycles. The lowest BCUT2D eigenvalue weighted by Crippen LogP contribution is -2.44. The van der Waals surface area contributed by atoms with Gasteiger partial charge in [0.1, 0.15) is 0 Å². The maximum Gasteiger partial charge on any atom is 0.491 e. The number of carbonyl (C=O) groups excluding carboxylic acids is 2. The third kappa shape index (κ3) is 4.30. The summed E-state index contributed by atoms with van der Waals surface area (Å²) in [5, 5.41) is 3.23. The number of hydrogen-bond donors (Lipinski definition) is 1. The second-order valence-electron chi connectivity index (χ2n) is 7.86. The molecule has 0 unspecified atom stereocenters. The molecule has 0 spiro atoms. The highest BCUT2D eigenvalue weighted by Gasteiger charge is 2.58. The van der Waals surface area contributed by atoms with E-state index < -0.39 is 29.3 Å². The first-order valence-electron chi connectivity index (χ1n) is 10.4. The van der Waals surface area contributed by atoms with Crippen LogP contribution in [0.1, 0.15) is 19.8 Å². The third-order valence-electron chi connectivity index (χ3n) is 5.52. The van der Waals surface area contributed by atoms with Crippen molar-refractivity contribution in [2.75, 3.05) is 31.1 Å². The molecule has 0 radical (unpaired) electrons. The fourth-order valence-corrected chi connectivity index (χ4v) is 3.51. The number of fused-ring (bicyclic) bond motifs is 1. The van der Waals surface area contributed by atoms with Crippen LogP contribution in [-0.4, -0.2) is 69.0 Å². The lowest BCUT2D eigenvalue weighted by atomic mass is 10.3. The molecule has 2 aliphatic rings. The summed E-state index contributed by atoms with van der Waals surface area (Å²) in [4.78, 5) is 47.2. The monoisotopic (exact) mass is 482 g/mol. The van der Waals surface area contributed by atoms with Crippen molar-refractivity contribution in [2.24, 2.45) is 7.05 Å². The number of nitrogens with zero attached hydrogens (tertiary/aromatic N) is 5. The molecule has 14 heteroatoms. The standard InChI is InChI=1S/C20H21F3N6O5/c1-3-4-9-29-12-13(25-17(29)28-10-7-24-8-11-28)26-18(27(2)14(12)30)34-19(5-6-19)15(31)33-16(32)20(21,22)23/h24H,5-11H2,1-2H3. The molecule has 2 aromatic rings. The first-order chi connectivity index (χ1) is 16.1. The summed E-state index contributed by atoms with van der Waals surface area (Å²) in [6.45, 7) is 4.61. The number of esters is 2. The van der Waals surface area contributed by atoms with Gasteiger partial charge in [-0.2, -0.15) is 23.1 Å². The Morgan fingerprint density at radius 3 is 2.47 bits per heavy atom. The smallest absolute Gasteiger partial charge is 0.446 e. The molecule has 1 aliphatic heterocycles. The van der Waals surface area contributed by atoms with Crippen LogP contribution in [0.5, 0.6) is 6.01 Å². The minimum atomic E-state index is -5.33. The number of nitrogens with one attached hydrogen (secondary N) is 1. The summed E-state index contributed by atoms with van der Waals surface area (Å²) in [6.07, 6.45) is -5.33. The number of hydrogen-bond acceptors (Lipinski definition) is 9. The maximum atomic E-state index is 13.2. The summed E-state index contributed by atoms with van der Waals surface area (Å²) in [5.74, 6) is 2.07. The largest absolute Gasteiger partial charge is 0.491 e. The summed E-state index contributed by atoms with van der Waals surface area (Å²) in [5.41, 5.74) is -2.16. The molecule has 3 heterocycles. The maximum absolute atomic E-state index is 13.2. The van der Waals surface area contributed by atoms with E-state index in [0.29, 0.717) is 19.0 Å². The molecular formula is C20H21F3N6O5. The topological polar surface area (TPSA) is 121 Å². The van der Waals surface area contributed by atoms with Gasteiger partial charge in [0.2, 0.25) is 11.5 Å². The Kier molecular flexibility index (Phi) is 5.98. The number of alkyl halides is 3. The van der Waals surface area contributed by atoms with Gasteiger partial charge in [0.15, 0.2) is 11.2 Å². The molecule has 2 fully saturated rings. The van der Waals surface area contributed by atoms with E-state index in [-0.39, 0.29) is 36.6 Å². The van der Waals surface area contributed by atoms with Crippen molar-refractivity contribution in [3.8, 4) is 17.9 Å². The van der Waals surface area contributed by atoms with E-state index in [0.717, 1.165) is 17.7 Å². The lowest BCUT2D eigenvalue weighted by Gasteiger charge is -2.28. The quantitative estimate of drug-likeness (QED) is 0.360. The van der Waals surface area contributed by atoms with E-state index in [1.807, 2.05) is 4.90 Å². The van der Waals surface area contributed by atoms with E-state index in [2.05, 4.69) is 31.9 Å². The number of piperazine rings is 1. The molecule has 0 bridgehead atoms. The van der Waals surface area contributed by atoms with Gasteiger partial charge in [0.05, 0.1) is 6.54 Å². The van der Waals surface area contributed by atoms with Crippen LogP contribution in [0.2, 0.25) is 0 Å². The van der Waals surface area contributed by atoms with E-state index in [1.54, 1.807) is 11.5 Å². The molecule has 0 amide bonds. The zero-order valence-electron chi connectivity index (χ0n) is 18.4. The van der Waals surface area contributed by atoms with Crippen LogP contribution in [0, 0.1) is 11.8 Å². The van der Waals surface area contributed by atoms with Gasteiger partial charge in [-0.3, -0.25) is 13.9 Å². The predicted molar refractivity (Wildman–Crippen MR) is 111 cm³/mol. The second kappa shape index (κ2) is 8.64. The lowest BCUT2D eigenvalue weighted by molar-refractivity contribution is -0.204. The van der Waals surface area contributed by atoms with Crippen LogP contribution in [0.3, 0.4) is 0 Å². The van der Waals surface area contributed by atoms with E-state index >= 15 is 0 Å². The third-order valence-corrected chi connectivity index (χ3v) is 5.52. The Labute approximate surface area is 190 Å². The van der Waals surface area contributed by atoms with Gasteiger partial charge in [0, 0.05) is 46.1 Å². The SMILES string of the molecule is CC#CCn1c(N2CCNCC2)nc2nc(OC3(C(=O)OC(=O)C(F)(F)F)CC3)n(C)c(=O)c21. The number of ether oxygens (including phenoxy) is 2. The second-order valence-corrected chi connectivity index (χ2v) is 7.86. The highest BCUT2D eigenvalue weighted by Crippen LogP contribution is 2.41. The van der Waals surface area contributed by atoms with Gasteiger partial charge < -0.3 is 19.7 Å². The van der Waals surface area contributed by atoms with Crippen LogP contribution >= 0.6 is 0 Å². The average molecular weight is 482 g/mol. The molecule has 1 N–H and O–H groups in total. The van der Waals surface area contributed by atoms with E-state index in [9.17, 15) is 27.6 Å². The number of rotatable bonds is 5. The van der Waals surface area contributed by atoms with Gasteiger partial charge in [-0.1, -0.05) is 5.92 Å². The zero-order valence-corrected chi connectivity index (χ0v) is 18.4. The van der Waals surface area contributed by atoms with Gasteiger partial charge >= 0.3 is 24.1 Å². The van der Waals surface area contributed by atoms with Crippen molar-refractivity contribution in [3.05, 3.63) is 10.4 Å². The molecule has 1 aliphatic carbocycles. The van der Waals surface area contributed by atoms with Gasteiger partial charge in [-0.25, -0.2) is 9.59 Å². The Morgan fingerprint density at radius 1 is 1.21 bits per heavy atom. The molecular weight excluding hydrogens is 461 g/mol. The highest BCUT2D eigenvalue weighted by molar-refractivity contribution is 5.94. The molecule has 34 heavy (non-hydrogen) atoms. The summed E-state index contributed by atoms with van der Waals surface area (Å²) < 4.78 is 49.5.